The van der Waals surface area contributed by atoms with Gasteiger partial charge >= 0.3 is 5.97 Å². The molecule has 22 heavy (non-hydrogen) atoms. The number of halogens is 1. The molecule has 6 nitrogen and oxygen atoms in total. The van der Waals surface area contributed by atoms with Crippen LogP contribution in [0, 0.1) is 0 Å². The van der Waals surface area contributed by atoms with Gasteiger partial charge in [0, 0.05) is 18.5 Å². The topological polar surface area (TPSA) is 88.1 Å². The Hall–Kier alpha value is -1.86. The molecule has 1 aromatic carbocycles. The van der Waals surface area contributed by atoms with Crippen molar-refractivity contribution in [3.05, 3.63) is 42.0 Å². The molecule has 0 saturated heterocycles. The minimum atomic E-state index is -0.810. The number of hydrazone groups is 1. The molecule has 1 unspecified atom stereocenters. The van der Waals surface area contributed by atoms with E-state index in [1.807, 2.05) is 36.4 Å². The molecule has 1 aliphatic heterocycles. The first-order valence-electron chi connectivity index (χ1n) is 6.75. The lowest BCUT2D eigenvalue weighted by atomic mass is 10.1. The Morgan fingerprint density at radius 3 is 2.68 bits per heavy atom. The smallest absolute Gasteiger partial charge is 0.303 e. The molecule has 0 aliphatic carbocycles. The highest BCUT2D eigenvalue weighted by Gasteiger charge is 2.16. The minimum absolute atomic E-state index is 0. The van der Waals surface area contributed by atoms with Crippen LogP contribution in [0.25, 0.3) is 0 Å². The van der Waals surface area contributed by atoms with Gasteiger partial charge in [-0.25, -0.2) is 0 Å². The molecule has 0 spiro atoms. The molecule has 2 rings (SSSR count). The van der Waals surface area contributed by atoms with Crippen LogP contribution in [-0.4, -0.2) is 41.6 Å². The average Bonchev–Trinajstić information content (AvgIpc) is 2.49. The largest absolute Gasteiger partial charge is 0.497 e. The molecule has 3 N–H and O–H groups in total. The molecule has 1 aliphatic rings. The molecular weight excluding hydrogens is 350 g/mol. The first-order valence-corrected chi connectivity index (χ1v) is 6.75. The van der Waals surface area contributed by atoms with Crippen molar-refractivity contribution < 1.29 is 14.6 Å². The molecule has 0 amide bonds. The van der Waals surface area contributed by atoms with Gasteiger partial charge in [0.15, 0.2) is 0 Å². The summed E-state index contributed by atoms with van der Waals surface area (Å²) in [6.07, 6.45) is 4.03. The summed E-state index contributed by atoms with van der Waals surface area (Å²) in [6.45, 7) is 0.511. The number of carboxylic acids is 1. The van der Waals surface area contributed by atoms with Crippen LogP contribution in [0.5, 0.6) is 5.75 Å². The summed E-state index contributed by atoms with van der Waals surface area (Å²) >= 11 is 0. The fourth-order valence-electron chi connectivity index (χ4n) is 2.03. The van der Waals surface area contributed by atoms with E-state index < -0.39 is 5.97 Å². The summed E-state index contributed by atoms with van der Waals surface area (Å²) < 4.78 is 5.13. The molecule has 0 saturated carbocycles. The van der Waals surface area contributed by atoms with E-state index >= 15 is 0 Å². The van der Waals surface area contributed by atoms with Gasteiger partial charge in [0.2, 0.25) is 0 Å². The van der Waals surface area contributed by atoms with E-state index in [-0.39, 0.29) is 29.6 Å². The second-order valence-corrected chi connectivity index (χ2v) is 4.72. The van der Waals surface area contributed by atoms with Crippen molar-refractivity contribution in [1.82, 2.24) is 5.01 Å². The number of hydrogen-bond donors (Lipinski definition) is 2. The highest BCUT2D eigenvalue weighted by atomic mass is 79.9. The molecule has 1 aromatic rings. The van der Waals surface area contributed by atoms with Crippen molar-refractivity contribution >= 4 is 28.7 Å². The number of carbonyl (C=O) groups is 1. The van der Waals surface area contributed by atoms with Gasteiger partial charge in [-0.05, 0) is 42.8 Å². The molecule has 120 valence electrons. The second-order valence-electron chi connectivity index (χ2n) is 4.72. The molecular formula is C15H20BrN3O3. The Labute approximate surface area is 140 Å². The van der Waals surface area contributed by atoms with Gasteiger partial charge in [-0.1, -0.05) is 0 Å². The predicted octanol–water partition coefficient (Wildman–Crippen LogP) is 2.00. The van der Waals surface area contributed by atoms with Crippen molar-refractivity contribution in [3.8, 4) is 5.75 Å². The Kier molecular flexibility index (Phi) is 7.07. The lowest BCUT2D eigenvalue weighted by Crippen LogP contribution is -2.40. The number of nitrogens with two attached hydrogens (primary N) is 1. The molecule has 0 aromatic heterocycles. The maximum absolute atomic E-state index is 10.6. The van der Waals surface area contributed by atoms with Gasteiger partial charge in [-0.15, -0.1) is 17.0 Å². The third-order valence-electron chi connectivity index (χ3n) is 3.20. The zero-order valence-electron chi connectivity index (χ0n) is 12.3. The third kappa shape index (κ3) is 4.85. The number of allylic oxidation sites excluding steroid dienone is 1. The molecule has 0 radical (unpaired) electrons. The van der Waals surface area contributed by atoms with E-state index in [4.69, 9.17) is 15.6 Å². The van der Waals surface area contributed by atoms with Crippen LogP contribution in [0.1, 0.15) is 18.4 Å². The summed E-state index contributed by atoms with van der Waals surface area (Å²) in [4.78, 5) is 10.6. The summed E-state index contributed by atoms with van der Waals surface area (Å²) in [7, 11) is 1.62. The first-order chi connectivity index (χ1) is 10.1. The van der Waals surface area contributed by atoms with Crippen LogP contribution in [0.3, 0.4) is 0 Å². The molecule has 0 bridgehead atoms. The highest BCUT2D eigenvalue weighted by Crippen LogP contribution is 2.16. The fourth-order valence-corrected chi connectivity index (χ4v) is 2.03. The SMILES string of the molecule is Br.COc1ccc(C2=NN(CCCC(=O)O)C(N)C=C2)cc1. The van der Waals surface area contributed by atoms with Gasteiger partial charge in [-0.3, -0.25) is 9.80 Å². The number of methoxy groups -OCH3 is 1. The van der Waals surface area contributed by atoms with Gasteiger partial charge < -0.3 is 15.6 Å². The molecule has 0 fully saturated rings. The van der Waals surface area contributed by atoms with Crippen LogP contribution in [-0.2, 0) is 4.79 Å². The van der Waals surface area contributed by atoms with E-state index in [1.165, 1.54) is 0 Å². The third-order valence-corrected chi connectivity index (χ3v) is 3.20. The van der Waals surface area contributed by atoms with Crippen molar-refractivity contribution in [1.29, 1.82) is 0 Å². The lowest BCUT2D eigenvalue weighted by Gasteiger charge is -2.27. The van der Waals surface area contributed by atoms with Gasteiger partial charge in [0.05, 0.1) is 12.8 Å². The van der Waals surface area contributed by atoms with Crippen LogP contribution in [0.2, 0.25) is 0 Å². The zero-order chi connectivity index (χ0) is 15.2. The van der Waals surface area contributed by atoms with E-state index in [0.29, 0.717) is 13.0 Å². The van der Waals surface area contributed by atoms with Crippen LogP contribution in [0.15, 0.2) is 41.5 Å². The van der Waals surface area contributed by atoms with Gasteiger partial charge in [0.25, 0.3) is 0 Å². The van der Waals surface area contributed by atoms with E-state index in [1.54, 1.807) is 12.1 Å². The second kappa shape index (κ2) is 8.55. The van der Waals surface area contributed by atoms with Crippen molar-refractivity contribution in [2.24, 2.45) is 10.8 Å². The number of benzene rings is 1. The number of nitrogens with zero attached hydrogens (tertiary/aromatic N) is 2. The van der Waals surface area contributed by atoms with E-state index in [0.717, 1.165) is 17.0 Å². The number of aliphatic carboxylic acids is 1. The average molecular weight is 370 g/mol. The maximum Gasteiger partial charge on any atom is 0.303 e. The Bertz CT molecular complexity index is 558. The minimum Gasteiger partial charge on any atom is -0.497 e. The monoisotopic (exact) mass is 369 g/mol. The number of hydrogen-bond acceptors (Lipinski definition) is 5. The Morgan fingerprint density at radius 2 is 2.09 bits per heavy atom. The standard InChI is InChI=1S/C15H19N3O3.BrH/c1-21-12-6-4-11(5-7-12)13-8-9-14(16)18(17-13)10-2-3-15(19)20;/h4-9,14H,2-3,10,16H2,1H3,(H,19,20);1H. The summed E-state index contributed by atoms with van der Waals surface area (Å²) in [6, 6.07) is 7.59. The van der Waals surface area contributed by atoms with Crippen LogP contribution >= 0.6 is 17.0 Å². The highest BCUT2D eigenvalue weighted by molar-refractivity contribution is 8.93. The molecule has 1 heterocycles. The predicted molar refractivity (Wildman–Crippen MR) is 90.5 cm³/mol. The van der Waals surface area contributed by atoms with E-state index in [9.17, 15) is 4.79 Å². The fraction of sp³-hybridized carbons (Fsp3) is 0.333. The van der Waals surface area contributed by atoms with Crippen LogP contribution in [0.4, 0.5) is 0 Å². The Balaban J connectivity index is 0.00000242. The summed E-state index contributed by atoms with van der Waals surface area (Å²) in [5, 5.41) is 14.9. The number of ether oxygens (including phenoxy) is 1. The first kappa shape index (κ1) is 18.2. The Morgan fingerprint density at radius 1 is 1.41 bits per heavy atom. The molecule has 1 atom stereocenters. The lowest BCUT2D eigenvalue weighted by molar-refractivity contribution is -0.137. The van der Waals surface area contributed by atoms with Gasteiger partial charge in [-0.2, -0.15) is 5.10 Å². The normalized spacial score (nSPS) is 16.7. The van der Waals surface area contributed by atoms with Crippen molar-refractivity contribution in [3.63, 3.8) is 0 Å². The summed E-state index contributed by atoms with van der Waals surface area (Å²) in [5.41, 5.74) is 7.71. The molecule has 7 heteroatoms. The number of carboxylic acid groups (broad SMARTS) is 1. The summed E-state index contributed by atoms with van der Waals surface area (Å²) in [5.74, 6) is -0.0235. The van der Waals surface area contributed by atoms with Crippen LogP contribution < -0.4 is 10.5 Å². The van der Waals surface area contributed by atoms with Crippen molar-refractivity contribution in [2.45, 2.75) is 19.0 Å². The van der Waals surface area contributed by atoms with Gasteiger partial charge in [0.1, 0.15) is 11.9 Å². The van der Waals surface area contributed by atoms with E-state index in [2.05, 4.69) is 5.10 Å². The maximum atomic E-state index is 10.6. The van der Waals surface area contributed by atoms with Crippen molar-refractivity contribution in [2.75, 3.05) is 13.7 Å². The number of rotatable bonds is 6. The quantitative estimate of drug-likeness (QED) is 0.800. The zero-order valence-corrected chi connectivity index (χ0v) is 14.0.